The monoisotopic (exact) mass is 522 g/mol. The van der Waals surface area contributed by atoms with Crippen LogP contribution in [0.15, 0.2) is 60.7 Å². The average Bonchev–Trinajstić information content (AvgIpc) is 3.32. The molecule has 4 aromatic rings. The van der Waals surface area contributed by atoms with Crippen LogP contribution in [0, 0.1) is 11.6 Å². The molecule has 0 aliphatic carbocycles. The minimum Gasteiger partial charge on any atom is -0.494 e. The van der Waals surface area contributed by atoms with Gasteiger partial charge in [0.25, 0.3) is 0 Å². The molecule has 0 spiro atoms. The topological polar surface area (TPSA) is 27.7 Å². The second kappa shape index (κ2) is 11.6. The summed E-state index contributed by atoms with van der Waals surface area (Å²) in [6, 6.07) is 18.0. The Kier molecular flexibility index (Phi) is 8.06. The van der Waals surface area contributed by atoms with Gasteiger partial charge in [-0.05, 0) is 79.1 Å². The van der Waals surface area contributed by atoms with Crippen LogP contribution in [0.1, 0.15) is 56.6 Å². The second-order valence-corrected chi connectivity index (χ2v) is 10.6. The molecule has 1 aliphatic rings. The van der Waals surface area contributed by atoms with Crippen molar-refractivity contribution in [1.82, 2.24) is 0 Å². The first-order valence-electron chi connectivity index (χ1n) is 13.0. The number of rotatable bonds is 9. The predicted molar refractivity (Wildman–Crippen MR) is 146 cm³/mol. The molecule has 0 bridgehead atoms. The number of benzene rings is 3. The molecule has 0 radical (unpaired) electrons. The number of hydrogen-bond donors (Lipinski definition) is 0. The first-order valence-corrected chi connectivity index (χ1v) is 13.8. The van der Waals surface area contributed by atoms with E-state index in [1.807, 2.05) is 37.3 Å². The summed E-state index contributed by atoms with van der Waals surface area (Å²) in [7, 11) is 0. The van der Waals surface area contributed by atoms with E-state index in [9.17, 15) is 4.39 Å². The van der Waals surface area contributed by atoms with Crippen molar-refractivity contribution >= 4 is 21.4 Å². The van der Waals surface area contributed by atoms with E-state index in [0.717, 1.165) is 46.4 Å². The number of thiophene rings is 1. The molecule has 0 N–H and O–H groups in total. The van der Waals surface area contributed by atoms with Crippen LogP contribution >= 0.6 is 11.3 Å². The molecule has 0 saturated carbocycles. The van der Waals surface area contributed by atoms with Gasteiger partial charge in [0.2, 0.25) is 0 Å². The summed E-state index contributed by atoms with van der Waals surface area (Å²) in [5.41, 5.74) is 1.91. The molecule has 194 valence electrons. The van der Waals surface area contributed by atoms with Crippen molar-refractivity contribution in [1.29, 1.82) is 0 Å². The van der Waals surface area contributed by atoms with Crippen molar-refractivity contribution in [3.05, 3.63) is 83.4 Å². The quantitative estimate of drug-likeness (QED) is 0.220. The summed E-state index contributed by atoms with van der Waals surface area (Å²) in [5.74, 6) is 0.731. The van der Waals surface area contributed by atoms with Gasteiger partial charge in [0, 0.05) is 27.1 Å². The van der Waals surface area contributed by atoms with Crippen LogP contribution in [0.5, 0.6) is 11.5 Å². The van der Waals surface area contributed by atoms with Gasteiger partial charge in [0.05, 0.1) is 19.3 Å². The highest BCUT2D eigenvalue weighted by Gasteiger charge is 2.24. The number of hydrogen-bond acceptors (Lipinski definition) is 4. The lowest BCUT2D eigenvalue weighted by molar-refractivity contribution is -0.00174. The molecule has 1 aliphatic heterocycles. The molecule has 1 fully saturated rings. The Bertz CT molecular complexity index is 1360. The Balaban J connectivity index is 1.23. The zero-order chi connectivity index (χ0) is 25.8. The van der Waals surface area contributed by atoms with Gasteiger partial charge in [0.15, 0.2) is 0 Å². The zero-order valence-electron chi connectivity index (χ0n) is 21.3. The third-order valence-corrected chi connectivity index (χ3v) is 8.03. The molecule has 3 nitrogen and oxygen atoms in total. The fourth-order valence-electron chi connectivity index (χ4n) is 4.95. The van der Waals surface area contributed by atoms with Crippen LogP contribution in [-0.4, -0.2) is 19.3 Å². The molecule has 6 heteroatoms. The van der Waals surface area contributed by atoms with Gasteiger partial charge in [-0.1, -0.05) is 31.5 Å². The van der Waals surface area contributed by atoms with E-state index in [1.54, 1.807) is 18.2 Å². The molecule has 37 heavy (non-hydrogen) atoms. The van der Waals surface area contributed by atoms with Crippen LogP contribution in [0.25, 0.3) is 20.5 Å². The molecular formula is C31H32F2O3S. The Hall–Kier alpha value is -2.96. The van der Waals surface area contributed by atoms with Gasteiger partial charge in [-0.2, -0.15) is 0 Å². The first kappa shape index (κ1) is 25.7. The fourth-order valence-corrected chi connectivity index (χ4v) is 6.06. The number of fused-ring (bicyclic) bond motifs is 1. The van der Waals surface area contributed by atoms with Crippen molar-refractivity contribution < 1.29 is 23.0 Å². The molecule has 3 aromatic carbocycles. The maximum atomic E-state index is 15.0. The highest BCUT2D eigenvalue weighted by atomic mass is 32.1. The third-order valence-electron chi connectivity index (χ3n) is 6.90. The Labute approximate surface area is 221 Å². The van der Waals surface area contributed by atoms with Gasteiger partial charge in [-0.25, -0.2) is 8.78 Å². The van der Waals surface area contributed by atoms with Gasteiger partial charge < -0.3 is 14.2 Å². The number of halogens is 2. The van der Waals surface area contributed by atoms with Crippen molar-refractivity contribution in [2.24, 2.45) is 0 Å². The summed E-state index contributed by atoms with van der Waals surface area (Å²) in [4.78, 5) is 0.860. The highest BCUT2D eigenvalue weighted by molar-refractivity contribution is 7.22. The Morgan fingerprint density at radius 2 is 1.73 bits per heavy atom. The summed E-state index contributed by atoms with van der Waals surface area (Å²) < 4.78 is 48.3. The molecular weight excluding hydrogens is 490 g/mol. The minimum absolute atomic E-state index is 0.0726. The largest absolute Gasteiger partial charge is 0.494 e. The maximum absolute atomic E-state index is 15.0. The fraction of sp³-hybridized carbons (Fsp3) is 0.355. The third kappa shape index (κ3) is 5.97. The molecule has 0 amide bonds. The summed E-state index contributed by atoms with van der Waals surface area (Å²) in [6.07, 6.45) is 4.35. The van der Waals surface area contributed by atoms with Gasteiger partial charge >= 0.3 is 0 Å². The Morgan fingerprint density at radius 3 is 2.46 bits per heavy atom. The van der Waals surface area contributed by atoms with Crippen LogP contribution in [0.4, 0.5) is 8.78 Å². The van der Waals surface area contributed by atoms with Crippen molar-refractivity contribution in [3.63, 3.8) is 0 Å². The highest BCUT2D eigenvalue weighted by Crippen LogP contribution is 2.37. The summed E-state index contributed by atoms with van der Waals surface area (Å²) in [6.45, 7) is 5.42. The lowest BCUT2D eigenvalue weighted by atomic mass is 9.90. The smallest absolute Gasteiger partial charge is 0.132 e. The van der Waals surface area contributed by atoms with Crippen molar-refractivity contribution in [2.45, 2.75) is 58.2 Å². The molecule has 1 saturated heterocycles. The minimum atomic E-state index is -0.308. The SMILES string of the molecule is CCCC1CCC(c2ccc(OCc3ccc(-c4cc5ccc(OCC)cc5s4)c(F)c3)cc2F)CO1. The summed E-state index contributed by atoms with van der Waals surface area (Å²) in [5, 5.41) is 1.06. The maximum Gasteiger partial charge on any atom is 0.132 e. The van der Waals surface area contributed by atoms with Crippen molar-refractivity contribution in [3.8, 4) is 21.9 Å². The normalized spacial score (nSPS) is 17.7. The lowest BCUT2D eigenvalue weighted by Crippen LogP contribution is -2.25. The Morgan fingerprint density at radius 1 is 0.892 bits per heavy atom. The molecule has 2 heterocycles. The summed E-state index contributed by atoms with van der Waals surface area (Å²) >= 11 is 1.54. The van der Waals surface area contributed by atoms with Crippen LogP contribution in [0.2, 0.25) is 0 Å². The number of ether oxygens (including phenoxy) is 3. The molecule has 1 aromatic heterocycles. The van der Waals surface area contributed by atoms with E-state index in [4.69, 9.17) is 14.2 Å². The van der Waals surface area contributed by atoms with Gasteiger partial charge in [-0.15, -0.1) is 11.3 Å². The lowest BCUT2D eigenvalue weighted by Gasteiger charge is -2.29. The standard InChI is InChI=1S/C31H32F2O3S/c1-3-5-23-9-8-22(19-36-23)26-13-11-24(16-29(26)33)35-18-20-6-12-27(28(32)14-20)31-15-21-7-10-25(34-4-2)17-30(21)37-31/h6-7,10-17,22-23H,3-5,8-9,18-19H2,1-2H3. The van der Waals surface area contributed by atoms with E-state index >= 15 is 4.39 Å². The second-order valence-electron chi connectivity index (χ2n) is 9.55. The van der Waals surface area contributed by atoms with Crippen LogP contribution in [-0.2, 0) is 11.3 Å². The van der Waals surface area contributed by atoms with E-state index in [2.05, 4.69) is 6.92 Å². The van der Waals surface area contributed by atoms with E-state index in [1.165, 1.54) is 23.5 Å². The van der Waals surface area contributed by atoms with Gasteiger partial charge in [-0.3, -0.25) is 0 Å². The van der Waals surface area contributed by atoms with Crippen LogP contribution < -0.4 is 9.47 Å². The van der Waals surface area contributed by atoms with E-state index in [0.29, 0.717) is 41.8 Å². The first-order chi connectivity index (χ1) is 18.0. The zero-order valence-corrected chi connectivity index (χ0v) is 22.1. The average molecular weight is 523 g/mol. The molecule has 5 rings (SSSR count). The van der Waals surface area contributed by atoms with Crippen LogP contribution in [0.3, 0.4) is 0 Å². The van der Waals surface area contributed by atoms with Crippen molar-refractivity contribution in [2.75, 3.05) is 13.2 Å². The molecule has 2 atom stereocenters. The van der Waals surface area contributed by atoms with E-state index in [-0.39, 0.29) is 24.2 Å². The van der Waals surface area contributed by atoms with Gasteiger partial charge in [0.1, 0.15) is 29.7 Å². The predicted octanol–water partition coefficient (Wildman–Crippen LogP) is 8.89. The molecule has 2 unspecified atom stereocenters. The van der Waals surface area contributed by atoms with E-state index < -0.39 is 0 Å².